The Kier molecular flexibility index (Phi) is 6.54. The van der Waals surface area contributed by atoms with Crippen molar-refractivity contribution >= 4 is 23.2 Å². The molecule has 6 rings (SSSR count). The highest BCUT2D eigenvalue weighted by Crippen LogP contribution is 2.29. The van der Waals surface area contributed by atoms with Gasteiger partial charge in [-0.3, -0.25) is 14.3 Å². The maximum atomic E-state index is 13.3. The first kappa shape index (κ1) is 25.9. The molecule has 5 aromatic rings. The Hall–Kier alpha value is -5.32. The molecule has 4 heterocycles. The van der Waals surface area contributed by atoms with Gasteiger partial charge < -0.3 is 16.0 Å². The SMILES string of the molecule is Cc1c(C(=O)Nc2ccc(-c3nc(-c4ccnc(N5CC(F)C5)c4)cnc3N)cc2)c(=O)n(-c2ccccc2)n1C. The molecule has 2 aromatic carbocycles. The Morgan fingerprint density at radius 1 is 1.02 bits per heavy atom. The van der Waals surface area contributed by atoms with E-state index >= 15 is 0 Å². The van der Waals surface area contributed by atoms with Crippen LogP contribution in [0.3, 0.4) is 0 Å². The summed E-state index contributed by atoms with van der Waals surface area (Å²) in [5.41, 5.74) is 10.1. The number of carbonyl (C=O) groups is 1. The molecule has 10 nitrogen and oxygen atoms in total. The molecule has 1 saturated heterocycles. The van der Waals surface area contributed by atoms with E-state index in [9.17, 15) is 14.0 Å². The van der Waals surface area contributed by atoms with Gasteiger partial charge in [-0.25, -0.2) is 24.0 Å². The second-order valence-electron chi connectivity index (χ2n) is 9.86. The van der Waals surface area contributed by atoms with E-state index in [-0.39, 0.29) is 11.4 Å². The van der Waals surface area contributed by atoms with E-state index in [0.29, 0.717) is 52.9 Å². The summed E-state index contributed by atoms with van der Waals surface area (Å²) in [4.78, 5) is 41.6. The van der Waals surface area contributed by atoms with Crippen molar-refractivity contribution in [1.82, 2.24) is 24.3 Å². The summed E-state index contributed by atoms with van der Waals surface area (Å²) < 4.78 is 16.4. The number of aromatic nitrogens is 5. The van der Waals surface area contributed by atoms with Crippen molar-refractivity contribution < 1.29 is 9.18 Å². The fourth-order valence-electron chi connectivity index (χ4n) is 4.85. The van der Waals surface area contributed by atoms with E-state index in [1.165, 1.54) is 4.68 Å². The van der Waals surface area contributed by atoms with Crippen LogP contribution in [0, 0.1) is 6.92 Å². The molecule has 0 bridgehead atoms. The normalized spacial score (nSPS) is 13.2. The zero-order chi connectivity index (χ0) is 28.7. The van der Waals surface area contributed by atoms with Crippen molar-refractivity contribution in [2.75, 3.05) is 29.0 Å². The predicted molar refractivity (Wildman–Crippen MR) is 156 cm³/mol. The topological polar surface area (TPSA) is 124 Å². The number of nitrogens with zero attached hydrogens (tertiary/aromatic N) is 6. The van der Waals surface area contributed by atoms with Crippen LogP contribution in [0.1, 0.15) is 16.1 Å². The molecule has 11 heteroatoms. The summed E-state index contributed by atoms with van der Waals surface area (Å²) >= 11 is 0. The van der Waals surface area contributed by atoms with E-state index in [1.54, 1.807) is 55.3 Å². The number of nitrogen functional groups attached to an aromatic ring is 1. The molecule has 1 fully saturated rings. The van der Waals surface area contributed by atoms with E-state index in [4.69, 9.17) is 10.7 Å². The van der Waals surface area contributed by atoms with E-state index in [2.05, 4.69) is 15.3 Å². The summed E-state index contributed by atoms with van der Waals surface area (Å²) in [7, 11) is 1.74. The molecule has 3 N–H and O–H groups in total. The molecular weight excluding hydrogens is 523 g/mol. The lowest BCUT2D eigenvalue weighted by Crippen LogP contribution is -2.48. The molecule has 0 aliphatic carbocycles. The Bertz CT molecular complexity index is 1810. The highest BCUT2D eigenvalue weighted by molar-refractivity contribution is 6.05. The predicted octanol–water partition coefficient (Wildman–Crippen LogP) is 4.00. The molecule has 206 valence electrons. The number of nitrogens with one attached hydrogen (secondary N) is 1. The van der Waals surface area contributed by atoms with Crippen LogP contribution < -0.4 is 21.5 Å². The van der Waals surface area contributed by atoms with Crippen LogP contribution in [0.2, 0.25) is 0 Å². The van der Waals surface area contributed by atoms with Gasteiger partial charge in [0.2, 0.25) is 0 Å². The Morgan fingerprint density at radius 3 is 2.46 bits per heavy atom. The highest BCUT2D eigenvalue weighted by Gasteiger charge is 2.27. The molecular formula is C30H27FN8O2. The molecule has 0 saturated carbocycles. The average molecular weight is 551 g/mol. The van der Waals surface area contributed by atoms with E-state index < -0.39 is 17.6 Å². The summed E-state index contributed by atoms with van der Waals surface area (Å²) in [6.07, 6.45) is 2.42. The van der Waals surface area contributed by atoms with Gasteiger partial charge in [-0.2, -0.15) is 0 Å². The Morgan fingerprint density at radius 2 is 1.76 bits per heavy atom. The van der Waals surface area contributed by atoms with E-state index in [0.717, 1.165) is 5.56 Å². The third kappa shape index (κ3) is 4.82. The lowest BCUT2D eigenvalue weighted by molar-refractivity contribution is 0.102. The first-order valence-corrected chi connectivity index (χ1v) is 13.0. The minimum absolute atomic E-state index is 0.0697. The van der Waals surface area contributed by atoms with Crippen molar-refractivity contribution in [2.45, 2.75) is 13.1 Å². The molecule has 3 aromatic heterocycles. The number of anilines is 3. The number of halogens is 1. The van der Waals surface area contributed by atoms with Crippen molar-refractivity contribution in [3.05, 3.63) is 101 Å². The molecule has 0 radical (unpaired) electrons. The number of nitrogens with two attached hydrogens (primary N) is 1. The third-order valence-electron chi connectivity index (χ3n) is 7.20. The lowest BCUT2D eigenvalue weighted by atomic mass is 10.1. The zero-order valence-electron chi connectivity index (χ0n) is 22.5. The molecule has 0 unspecified atom stereocenters. The maximum Gasteiger partial charge on any atom is 0.284 e. The van der Waals surface area contributed by atoms with Gasteiger partial charge in [0.25, 0.3) is 11.5 Å². The highest BCUT2D eigenvalue weighted by atomic mass is 19.1. The van der Waals surface area contributed by atoms with Crippen LogP contribution in [0.4, 0.5) is 21.7 Å². The quantitative estimate of drug-likeness (QED) is 0.328. The van der Waals surface area contributed by atoms with E-state index in [1.807, 2.05) is 47.4 Å². The van der Waals surface area contributed by atoms with Gasteiger partial charge >= 0.3 is 0 Å². The number of benzene rings is 2. The van der Waals surface area contributed by atoms with Crippen LogP contribution in [-0.4, -0.2) is 49.5 Å². The van der Waals surface area contributed by atoms with Crippen molar-refractivity contribution in [1.29, 1.82) is 0 Å². The standard InChI is InChI=1S/C30H27FN8O2/c1-18-26(30(41)39(37(18)2)23-6-4-3-5-7-23)29(40)35-22-10-8-19(9-11-22)27-28(32)34-15-24(36-27)20-12-13-33-25(14-20)38-16-21(31)17-38/h3-15,21H,16-17H2,1-2H3,(H2,32,34)(H,35,40). The second-order valence-corrected chi connectivity index (χ2v) is 9.86. The Balaban J connectivity index is 1.23. The molecule has 1 amide bonds. The number of pyridine rings is 1. The summed E-state index contributed by atoms with van der Waals surface area (Å²) in [5, 5.41) is 2.82. The molecule has 41 heavy (non-hydrogen) atoms. The monoisotopic (exact) mass is 550 g/mol. The first-order valence-electron chi connectivity index (χ1n) is 13.0. The average Bonchev–Trinajstić information content (AvgIpc) is 3.19. The fraction of sp³-hybridized carbons (Fsp3) is 0.167. The Labute approximate surface area is 234 Å². The number of carbonyl (C=O) groups excluding carboxylic acids is 1. The second kappa shape index (κ2) is 10.3. The first-order chi connectivity index (χ1) is 19.8. The van der Waals surface area contributed by atoms with Crippen LogP contribution in [0.25, 0.3) is 28.2 Å². The summed E-state index contributed by atoms with van der Waals surface area (Å²) in [6, 6.07) is 19.8. The molecule has 0 atom stereocenters. The molecule has 0 spiro atoms. The number of hydrogen-bond donors (Lipinski definition) is 2. The largest absolute Gasteiger partial charge is 0.382 e. The van der Waals surface area contributed by atoms with Crippen molar-refractivity contribution in [2.24, 2.45) is 7.05 Å². The van der Waals surface area contributed by atoms with Crippen LogP contribution in [0.5, 0.6) is 0 Å². The number of rotatable bonds is 6. The van der Waals surface area contributed by atoms with Gasteiger partial charge in [0, 0.05) is 30.1 Å². The van der Waals surface area contributed by atoms with Crippen molar-refractivity contribution in [3.63, 3.8) is 0 Å². The van der Waals surface area contributed by atoms with Crippen LogP contribution in [0.15, 0.2) is 83.9 Å². The zero-order valence-corrected chi connectivity index (χ0v) is 22.5. The third-order valence-corrected chi connectivity index (χ3v) is 7.20. The number of amides is 1. The molecule has 1 aliphatic heterocycles. The lowest BCUT2D eigenvalue weighted by Gasteiger charge is -2.35. The van der Waals surface area contributed by atoms with Gasteiger partial charge in [0.1, 0.15) is 29.1 Å². The van der Waals surface area contributed by atoms with Gasteiger partial charge in [-0.05, 0) is 43.3 Å². The minimum Gasteiger partial charge on any atom is -0.382 e. The minimum atomic E-state index is -0.833. The maximum absolute atomic E-state index is 13.3. The fourth-order valence-corrected chi connectivity index (χ4v) is 4.85. The van der Waals surface area contributed by atoms with Crippen LogP contribution >= 0.6 is 0 Å². The van der Waals surface area contributed by atoms with Gasteiger partial charge in [0.05, 0.1) is 36.4 Å². The van der Waals surface area contributed by atoms with Crippen LogP contribution in [-0.2, 0) is 7.05 Å². The summed E-state index contributed by atoms with van der Waals surface area (Å²) in [5.74, 6) is 0.437. The number of para-hydroxylation sites is 1. The van der Waals surface area contributed by atoms with Crippen molar-refractivity contribution in [3.8, 4) is 28.2 Å². The number of hydrogen-bond acceptors (Lipinski definition) is 7. The smallest absolute Gasteiger partial charge is 0.284 e. The van der Waals surface area contributed by atoms with Gasteiger partial charge in [-0.15, -0.1) is 0 Å². The van der Waals surface area contributed by atoms with Gasteiger partial charge in [0.15, 0.2) is 0 Å². The van der Waals surface area contributed by atoms with Gasteiger partial charge in [-0.1, -0.05) is 30.3 Å². The molecule has 1 aliphatic rings. The number of alkyl halides is 1. The summed E-state index contributed by atoms with van der Waals surface area (Å²) in [6.45, 7) is 2.39.